The summed E-state index contributed by atoms with van der Waals surface area (Å²) in [6, 6.07) is 0. The zero-order chi connectivity index (χ0) is 11.0. The van der Waals surface area contributed by atoms with Crippen LogP contribution in [0.5, 0.6) is 0 Å². The summed E-state index contributed by atoms with van der Waals surface area (Å²) in [5, 5.41) is 0.651. The van der Waals surface area contributed by atoms with Crippen molar-refractivity contribution in [3.8, 4) is 0 Å². The van der Waals surface area contributed by atoms with Crippen LogP contribution in [0.3, 0.4) is 0 Å². The molecule has 0 aliphatic heterocycles. The predicted octanol–water partition coefficient (Wildman–Crippen LogP) is 4.25. The fourth-order valence-corrected chi connectivity index (χ4v) is 7.05. The quantitative estimate of drug-likeness (QED) is 0.597. The van der Waals surface area contributed by atoms with Gasteiger partial charge in [0.2, 0.25) is 0 Å². The van der Waals surface area contributed by atoms with Gasteiger partial charge in [-0.3, -0.25) is 0 Å². The van der Waals surface area contributed by atoms with Crippen LogP contribution in [-0.2, 0) is 0 Å². The summed E-state index contributed by atoms with van der Waals surface area (Å²) in [6.07, 6.45) is 12.4. The summed E-state index contributed by atoms with van der Waals surface area (Å²) in [7, 11) is 3.42. The van der Waals surface area contributed by atoms with Crippen molar-refractivity contribution in [3.63, 3.8) is 0 Å². The second kappa shape index (κ2) is 3.05. The van der Waals surface area contributed by atoms with Crippen molar-refractivity contribution < 1.29 is 0 Å². The molecule has 4 bridgehead atoms. The maximum Gasteiger partial charge on any atom is -0.00400 e. The molecule has 0 nitrogen and oxygen atoms in total. The highest BCUT2D eigenvalue weighted by atomic mass is 31.0. The van der Waals surface area contributed by atoms with Crippen molar-refractivity contribution in [3.05, 3.63) is 0 Å². The van der Waals surface area contributed by atoms with E-state index in [0.717, 1.165) is 23.7 Å². The Balaban J connectivity index is 1.75. The lowest BCUT2D eigenvalue weighted by atomic mass is 9.41. The SMILES string of the molecule is CC12CC3CC(CC(C3)C1(P)C1CCC1)C2. The molecule has 0 N–H and O–H groups in total. The van der Waals surface area contributed by atoms with Crippen molar-refractivity contribution in [1.82, 2.24) is 0 Å². The van der Waals surface area contributed by atoms with E-state index in [1.807, 2.05) is 0 Å². The molecule has 0 aromatic heterocycles. The van der Waals surface area contributed by atoms with Gasteiger partial charge in [0.1, 0.15) is 0 Å². The average Bonchev–Trinajstić information content (AvgIpc) is 2.10. The third kappa shape index (κ3) is 1.07. The zero-order valence-electron chi connectivity index (χ0n) is 10.5. The first kappa shape index (κ1) is 10.4. The second-order valence-corrected chi connectivity index (χ2v) is 8.62. The molecule has 1 heteroatoms. The van der Waals surface area contributed by atoms with Gasteiger partial charge in [0, 0.05) is 0 Å². The molecule has 0 heterocycles. The number of hydrogen-bond donors (Lipinski definition) is 0. The minimum absolute atomic E-state index is 0.651. The third-order valence-corrected chi connectivity index (χ3v) is 8.52. The van der Waals surface area contributed by atoms with Crippen LogP contribution >= 0.6 is 9.24 Å². The zero-order valence-corrected chi connectivity index (χ0v) is 11.7. The normalized spacial score (nSPS) is 60.0. The van der Waals surface area contributed by atoms with Gasteiger partial charge in [0.15, 0.2) is 0 Å². The van der Waals surface area contributed by atoms with E-state index in [9.17, 15) is 0 Å². The number of rotatable bonds is 1. The first-order valence-corrected chi connectivity index (χ1v) is 7.98. The summed E-state index contributed by atoms with van der Waals surface area (Å²) < 4.78 is 0. The van der Waals surface area contributed by atoms with Gasteiger partial charge in [-0.1, -0.05) is 13.3 Å². The first-order valence-electron chi connectivity index (χ1n) is 7.41. The van der Waals surface area contributed by atoms with E-state index in [4.69, 9.17) is 0 Å². The fourth-order valence-electron chi connectivity index (χ4n) is 6.20. The highest BCUT2D eigenvalue weighted by molar-refractivity contribution is 7.19. The molecule has 5 aliphatic rings. The smallest absolute Gasteiger partial charge is 0.00400 e. The molecule has 5 aliphatic carbocycles. The second-order valence-electron chi connectivity index (χ2n) is 7.67. The standard InChI is InChI=1S/C15H25P/c1-14-8-10-5-11(9-14)7-13(6-10)15(14,16)12-3-2-4-12/h10-13H,2-9,16H2,1H3. The molecule has 5 fully saturated rings. The lowest BCUT2D eigenvalue weighted by Gasteiger charge is -2.69. The molecular formula is C15H25P. The van der Waals surface area contributed by atoms with Gasteiger partial charge in [-0.05, 0) is 79.2 Å². The topological polar surface area (TPSA) is 0 Å². The monoisotopic (exact) mass is 236 g/mol. The summed E-state index contributed by atoms with van der Waals surface area (Å²) in [4.78, 5) is 0. The van der Waals surface area contributed by atoms with E-state index >= 15 is 0 Å². The molecule has 4 unspecified atom stereocenters. The Hall–Kier alpha value is 0.430. The van der Waals surface area contributed by atoms with Crippen LogP contribution in [0.1, 0.15) is 58.3 Å². The lowest BCUT2D eigenvalue weighted by molar-refractivity contribution is -0.111. The molecule has 90 valence electrons. The van der Waals surface area contributed by atoms with Gasteiger partial charge in [-0.2, -0.15) is 0 Å². The van der Waals surface area contributed by atoms with Crippen molar-refractivity contribution in [2.75, 3.05) is 0 Å². The Bertz CT molecular complexity index is 305. The molecule has 0 amide bonds. The Morgan fingerprint density at radius 1 is 0.938 bits per heavy atom. The molecule has 5 saturated carbocycles. The van der Waals surface area contributed by atoms with Crippen LogP contribution in [-0.4, -0.2) is 5.16 Å². The molecular weight excluding hydrogens is 211 g/mol. The van der Waals surface area contributed by atoms with Crippen LogP contribution in [0.25, 0.3) is 0 Å². The Morgan fingerprint density at radius 3 is 2.00 bits per heavy atom. The van der Waals surface area contributed by atoms with Crippen molar-refractivity contribution in [1.29, 1.82) is 0 Å². The van der Waals surface area contributed by atoms with Gasteiger partial charge in [-0.15, -0.1) is 9.24 Å². The molecule has 0 spiro atoms. The minimum Gasteiger partial charge on any atom is -0.130 e. The van der Waals surface area contributed by atoms with Crippen LogP contribution in [0.2, 0.25) is 0 Å². The summed E-state index contributed by atoms with van der Waals surface area (Å²) in [5.41, 5.74) is 0.692. The third-order valence-electron chi connectivity index (χ3n) is 6.88. The highest BCUT2D eigenvalue weighted by Crippen LogP contribution is 2.71. The average molecular weight is 236 g/mol. The molecule has 0 radical (unpaired) electrons. The number of hydrogen-bond acceptors (Lipinski definition) is 0. The van der Waals surface area contributed by atoms with Crippen LogP contribution in [0.4, 0.5) is 0 Å². The van der Waals surface area contributed by atoms with Crippen molar-refractivity contribution in [2.45, 2.75) is 63.4 Å². The highest BCUT2D eigenvalue weighted by Gasteiger charge is 2.63. The van der Waals surface area contributed by atoms with E-state index in [1.54, 1.807) is 32.1 Å². The van der Waals surface area contributed by atoms with Crippen molar-refractivity contribution in [2.24, 2.45) is 29.1 Å². The first-order chi connectivity index (χ1) is 7.62. The largest absolute Gasteiger partial charge is 0.130 e. The minimum atomic E-state index is 0.651. The maximum atomic E-state index is 3.42. The Morgan fingerprint density at radius 2 is 1.56 bits per heavy atom. The van der Waals surface area contributed by atoms with Gasteiger partial charge in [0.25, 0.3) is 0 Å². The lowest BCUT2D eigenvalue weighted by Crippen LogP contribution is -2.64. The molecule has 16 heavy (non-hydrogen) atoms. The summed E-state index contributed by atoms with van der Waals surface area (Å²) >= 11 is 0. The van der Waals surface area contributed by atoms with Crippen LogP contribution in [0, 0.1) is 29.1 Å². The van der Waals surface area contributed by atoms with E-state index in [0.29, 0.717) is 10.6 Å². The van der Waals surface area contributed by atoms with E-state index in [-0.39, 0.29) is 0 Å². The van der Waals surface area contributed by atoms with Crippen LogP contribution in [0.15, 0.2) is 0 Å². The van der Waals surface area contributed by atoms with Gasteiger partial charge in [-0.25, -0.2) is 0 Å². The fraction of sp³-hybridized carbons (Fsp3) is 1.00. The van der Waals surface area contributed by atoms with E-state index in [1.165, 1.54) is 19.3 Å². The van der Waals surface area contributed by atoms with Gasteiger partial charge >= 0.3 is 0 Å². The van der Waals surface area contributed by atoms with Gasteiger partial charge < -0.3 is 0 Å². The Kier molecular flexibility index (Phi) is 1.98. The summed E-state index contributed by atoms with van der Waals surface area (Å²) in [5.74, 6) is 4.35. The molecule has 5 rings (SSSR count). The van der Waals surface area contributed by atoms with E-state index in [2.05, 4.69) is 16.2 Å². The molecule has 4 atom stereocenters. The predicted molar refractivity (Wildman–Crippen MR) is 71.4 cm³/mol. The van der Waals surface area contributed by atoms with Crippen LogP contribution < -0.4 is 0 Å². The van der Waals surface area contributed by atoms with E-state index < -0.39 is 0 Å². The molecule has 0 saturated heterocycles. The summed E-state index contributed by atoms with van der Waals surface area (Å²) in [6.45, 7) is 2.64. The van der Waals surface area contributed by atoms with Gasteiger partial charge in [0.05, 0.1) is 0 Å². The van der Waals surface area contributed by atoms with Crippen molar-refractivity contribution >= 4 is 9.24 Å². The molecule has 0 aromatic carbocycles. The molecule has 0 aromatic rings. The maximum absolute atomic E-state index is 3.42. The Labute approximate surface area is 102 Å².